The summed E-state index contributed by atoms with van der Waals surface area (Å²) in [6, 6.07) is 0. The fourth-order valence-electron chi connectivity index (χ4n) is 2.07. The molecule has 0 fully saturated rings. The predicted octanol–water partition coefficient (Wildman–Crippen LogP) is 2.76. The summed E-state index contributed by atoms with van der Waals surface area (Å²) >= 11 is 0. The monoisotopic (exact) mass is 251 g/mol. The minimum Gasteiger partial charge on any atom is -0.465 e. The molecule has 0 aromatic carbocycles. The van der Waals surface area contributed by atoms with Gasteiger partial charge in [0, 0.05) is 5.69 Å². The molecule has 1 aromatic rings. The minimum absolute atomic E-state index is 0.331. The van der Waals surface area contributed by atoms with E-state index in [2.05, 4.69) is 18.8 Å². The molecule has 1 aromatic heterocycles. The largest absolute Gasteiger partial charge is 0.465 e. The van der Waals surface area contributed by atoms with E-state index in [1.807, 2.05) is 6.92 Å². The van der Waals surface area contributed by atoms with Crippen molar-refractivity contribution < 1.29 is 14.3 Å². The minimum atomic E-state index is -0.444. The molecule has 100 valence electrons. The molecule has 0 unspecified atom stereocenters. The molecular weight excluding hydrogens is 230 g/mol. The number of nitrogens with one attached hydrogen (secondary N) is 1. The molecule has 0 aliphatic rings. The molecule has 1 rings (SSSR count). The van der Waals surface area contributed by atoms with Crippen LogP contribution in [0.2, 0.25) is 0 Å². The van der Waals surface area contributed by atoms with Gasteiger partial charge in [0.05, 0.1) is 18.4 Å². The second-order valence-corrected chi connectivity index (χ2v) is 4.77. The van der Waals surface area contributed by atoms with Crippen molar-refractivity contribution in [2.45, 2.75) is 40.0 Å². The Kier molecular flexibility index (Phi) is 5.13. The number of carbonyl (C=O) groups excluding carboxylic acids is 2. The third-order valence-corrected chi connectivity index (χ3v) is 3.05. The second kappa shape index (κ2) is 6.38. The van der Waals surface area contributed by atoms with Gasteiger partial charge in [-0.15, -0.1) is 0 Å². The molecule has 1 N–H and O–H groups in total. The van der Waals surface area contributed by atoms with Crippen LogP contribution in [0.15, 0.2) is 0 Å². The molecule has 0 bridgehead atoms. The van der Waals surface area contributed by atoms with Gasteiger partial charge in [0.15, 0.2) is 6.29 Å². The summed E-state index contributed by atoms with van der Waals surface area (Å²) in [5.74, 6) is 0.139. The van der Waals surface area contributed by atoms with Crippen molar-refractivity contribution in [3.05, 3.63) is 22.5 Å². The predicted molar refractivity (Wildman–Crippen MR) is 70.1 cm³/mol. The standard InChI is InChI=1S/C14H21NO3/c1-5-10-11(7-6-9(2)3)15-12(8-16)13(10)14(17)18-4/h8-9,15H,5-7H2,1-4H3. The third-order valence-electron chi connectivity index (χ3n) is 3.05. The number of aldehydes is 1. The average Bonchev–Trinajstić information content (AvgIpc) is 2.72. The van der Waals surface area contributed by atoms with Gasteiger partial charge in [-0.25, -0.2) is 4.79 Å². The van der Waals surface area contributed by atoms with Crippen LogP contribution < -0.4 is 0 Å². The number of H-pyrrole nitrogens is 1. The van der Waals surface area contributed by atoms with Crippen LogP contribution in [0, 0.1) is 5.92 Å². The van der Waals surface area contributed by atoms with Crippen molar-refractivity contribution in [2.24, 2.45) is 5.92 Å². The first-order chi connectivity index (χ1) is 8.54. The first-order valence-electron chi connectivity index (χ1n) is 6.32. The maximum absolute atomic E-state index is 11.7. The van der Waals surface area contributed by atoms with E-state index in [0.29, 0.717) is 29.9 Å². The van der Waals surface area contributed by atoms with E-state index < -0.39 is 5.97 Å². The number of aromatic amines is 1. The molecule has 0 aliphatic heterocycles. The molecule has 0 spiro atoms. The number of rotatable bonds is 6. The molecule has 0 radical (unpaired) electrons. The highest BCUT2D eigenvalue weighted by Crippen LogP contribution is 2.22. The Hall–Kier alpha value is -1.58. The maximum Gasteiger partial charge on any atom is 0.340 e. The smallest absolute Gasteiger partial charge is 0.340 e. The van der Waals surface area contributed by atoms with E-state index in [-0.39, 0.29) is 0 Å². The Morgan fingerprint density at radius 3 is 2.56 bits per heavy atom. The Morgan fingerprint density at radius 2 is 2.11 bits per heavy atom. The van der Waals surface area contributed by atoms with Crippen LogP contribution in [0.5, 0.6) is 0 Å². The second-order valence-electron chi connectivity index (χ2n) is 4.77. The summed E-state index contributed by atoms with van der Waals surface area (Å²) in [6.45, 7) is 6.27. The number of carbonyl (C=O) groups is 2. The topological polar surface area (TPSA) is 59.2 Å². The average molecular weight is 251 g/mol. The lowest BCUT2D eigenvalue weighted by Gasteiger charge is -2.06. The molecule has 0 saturated carbocycles. The van der Waals surface area contributed by atoms with Crippen LogP contribution in [0.4, 0.5) is 0 Å². The van der Waals surface area contributed by atoms with E-state index >= 15 is 0 Å². The number of ether oxygens (including phenoxy) is 1. The zero-order valence-corrected chi connectivity index (χ0v) is 11.5. The van der Waals surface area contributed by atoms with Gasteiger partial charge in [0.1, 0.15) is 0 Å². The summed E-state index contributed by atoms with van der Waals surface area (Å²) in [6.07, 6.45) is 3.26. The van der Waals surface area contributed by atoms with Crippen molar-refractivity contribution >= 4 is 12.3 Å². The molecule has 0 atom stereocenters. The zero-order chi connectivity index (χ0) is 13.7. The van der Waals surface area contributed by atoms with Gasteiger partial charge in [0.25, 0.3) is 0 Å². The molecule has 1 heterocycles. The van der Waals surface area contributed by atoms with Crippen LogP contribution in [0.25, 0.3) is 0 Å². The van der Waals surface area contributed by atoms with Crippen molar-refractivity contribution in [2.75, 3.05) is 7.11 Å². The van der Waals surface area contributed by atoms with Gasteiger partial charge in [-0.3, -0.25) is 4.79 Å². The SMILES string of the molecule is CCc1c(CCC(C)C)[nH]c(C=O)c1C(=O)OC. The van der Waals surface area contributed by atoms with Gasteiger partial charge in [0.2, 0.25) is 0 Å². The van der Waals surface area contributed by atoms with E-state index in [1.165, 1.54) is 7.11 Å². The molecule has 0 saturated heterocycles. The van der Waals surface area contributed by atoms with E-state index in [0.717, 1.165) is 24.1 Å². The fourth-order valence-corrected chi connectivity index (χ4v) is 2.07. The highest BCUT2D eigenvalue weighted by Gasteiger charge is 2.22. The van der Waals surface area contributed by atoms with Gasteiger partial charge >= 0.3 is 5.97 Å². The molecule has 0 amide bonds. The number of methoxy groups -OCH3 is 1. The highest BCUT2D eigenvalue weighted by molar-refractivity contribution is 5.99. The summed E-state index contributed by atoms with van der Waals surface area (Å²) in [7, 11) is 1.33. The summed E-state index contributed by atoms with van der Waals surface area (Å²) in [5.41, 5.74) is 2.62. The fraction of sp³-hybridized carbons (Fsp3) is 0.571. The summed E-state index contributed by atoms with van der Waals surface area (Å²) < 4.78 is 4.74. The van der Waals surface area contributed by atoms with Crippen molar-refractivity contribution in [1.82, 2.24) is 4.98 Å². The third kappa shape index (κ3) is 3.00. The highest BCUT2D eigenvalue weighted by atomic mass is 16.5. The van der Waals surface area contributed by atoms with E-state index in [4.69, 9.17) is 4.74 Å². The van der Waals surface area contributed by atoms with Gasteiger partial charge in [-0.05, 0) is 30.7 Å². The van der Waals surface area contributed by atoms with Crippen molar-refractivity contribution in [3.63, 3.8) is 0 Å². The summed E-state index contributed by atoms with van der Waals surface area (Å²) in [4.78, 5) is 25.8. The first-order valence-corrected chi connectivity index (χ1v) is 6.32. The zero-order valence-electron chi connectivity index (χ0n) is 11.5. The number of hydrogen-bond acceptors (Lipinski definition) is 3. The molecular formula is C14H21NO3. The lowest BCUT2D eigenvalue weighted by Crippen LogP contribution is -2.06. The molecule has 4 nitrogen and oxygen atoms in total. The number of aromatic nitrogens is 1. The maximum atomic E-state index is 11.7. The van der Waals surface area contributed by atoms with Crippen molar-refractivity contribution in [1.29, 1.82) is 0 Å². The number of hydrogen-bond donors (Lipinski definition) is 1. The Labute approximate surface area is 108 Å². The molecule has 4 heteroatoms. The summed E-state index contributed by atoms with van der Waals surface area (Å²) in [5, 5.41) is 0. The lowest BCUT2D eigenvalue weighted by atomic mass is 10.0. The van der Waals surface area contributed by atoms with Crippen LogP contribution in [0.3, 0.4) is 0 Å². The van der Waals surface area contributed by atoms with Gasteiger partial charge in [-0.1, -0.05) is 20.8 Å². The molecule has 0 aliphatic carbocycles. The molecule has 18 heavy (non-hydrogen) atoms. The Bertz CT molecular complexity index is 432. The van der Waals surface area contributed by atoms with Crippen LogP contribution in [-0.4, -0.2) is 24.3 Å². The lowest BCUT2D eigenvalue weighted by molar-refractivity contribution is 0.0597. The normalized spacial score (nSPS) is 10.7. The number of aryl methyl sites for hydroxylation is 1. The van der Waals surface area contributed by atoms with Crippen LogP contribution in [-0.2, 0) is 17.6 Å². The first kappa shape index (κ1) is 14.5. The van der Waals surface area contributed by atoms with Gasteiger partial charge < -0.3 is 9.72 Å². The number of esters is 1. The van der Waals surface area contributed by atoms with E-state index in [9.17, 15) is 9.59 Å². The quantitative estimate of drug-likeness (QED) is 0.624. The van der Waals surface area contributed by atoms with Crippen molar-refractivity contribution in [3.8, 4) is 0 Å². The van der Waals surface area contributed by atoms with Crippen LogP contribution in [0.1, 0.15) is 59.3 Å². The van der Waals surface area contributed by atoms with Gasteiger partial charge in [-0.2, -0.15) is 0 Å². The Morgan fingerprint density at radius 1 is 1.44 bits per heavy atom. The Balaban J connectivity index is 3.15. The van der Waals surface area contributed by atoms with E-state index in [1.54, 1.807) is 0 Å². The van der Waals surface area contributed by atoms with Crippen LogP contribution >= 0.6 is 0 Å².